The fraction of sp³-hybridized carbons (Fsp3) is 0.368. The van der Waals surface area contributed by atoms with Gasteiger partial charge in [0.2, 0.25) is 0 Å². The van der Waals surface area contributed by atoms with Crippen LogP contribution in [0, 0.1) is 0 Å². The Hall–Kier alpha value is -1.64. The van der Waals surface area contributed by atoms with E-state index in [1.165, 1.54) is 29.7 Å². The van der Waals surface area contributed by atoms with E-state index in [1.54, 1.807) is 0 Å². The van der Waals surface area contributed by atoms with Gasteiger partial charge in [0.15, 0.2) is 0 Å². The third-order valence-electron chi connectivity index (χ3n) is 4.43. The van der Waals surface area contributed by atoms with Crippen LogP contribution in [0.15, 0.2) is 54.6 Å². The molecule has 3 rings (SSSR count). The largest absolute Gasteiger partial charge is 0.324 e. The molecular formula is C19H24N2. The molecule has 0 amide bonds. The van der Waals surface area contributed by atoms with Crippen LogP contribution in [0.1, 0.15) is 35.6 Å². The molecule has 0 spiro atoms. The molecule has 1 unspecified atom stereocenters. The lowest BCUT2D eigenvalue weighted by Gasteiger charge is -2.29. The Morgan fingerprint density at radius 3 is 2.48 bits per heavy atom. The lowest BCUT2D eigenvalue weighted by atomic mass is 9.99. The number of hydrogen-bond donors (Lipinski definition) is 1. The summed E-state index contributed by atoms with van der Waals surface area (Å²) >= 11 is 0. The van der Waals surface area contributed by atoms with Gasteiger partial charge in [-0.25, -0.2) is 0 Å². The van der Waals surface area contributed by atoms with Crippen LogP contribution in [0.25, 0.3) is 0 Å². The summed E-state index contributed by atoms with van der Waals surface area (Å²) in [5, 5.41) is 0. The first-order valence-corrected chi connectivity index (χ1v) is 7.92. The first-order valence-electron chi connectivity index (χ1n) is 7.92. The number of rotatable bonds is 5. The van der Waals surface area contributed by atoms with Gasteiger partial charge < -0.3 is 5.73 Å². The number of nitrogens with two attached hydrogens (primary N) is 1. The van der Waals surface area contributed by atoms with E-state index >= 15 is 0 Å². The Balaban J connectivity index is 1.47. The molecule has 2 aromatic rings. The lowest BCUT2D eigenvalue weighted by molar-refractivity contribution is 0.246. The maximum atomic E-state index is 6.27. The molecular weight excluding hydrogens is 256 g/mol. The van der Waals surface area contributed by atoms with Gasteiger partial charge in [0.1, 0.15) is 0 Å². The van der Waals surface area contributed by atoms with Gasteiger partial charge in [0.05, 0.1) is 0 Å². The zero-order valence-electron chi connectivity index (χ0n) is 12.5. The van der Waals surface area contributed by atoms with Crippen molar-refractivity contribution in [2.24, 2.45) is 5.73 Å². The zero-order valence-corrected chi connectivity index (χ0v) is 12.5. The predicted molar refractivity (Wildman–Crippen MR) is 88.0 cm³/mol. The molecule has 1 atom stereocenters. The highest BCUT2D eigenvalue weighted by atomic mass is 15.1. The van der Waals surface area contributed by atoms with E-state index < -0.39 is 0 Å². The van der Waals surface area contributed by atoms with Crippen LogP contribution in [0.2, 0.25) is 0 Å². The van der Waals surface area contributed by atoms with Gasteiger partial charge in [-0.2, -0.15) is 0 Å². The normalized spacial score (nSPS) is 16.4. The van der Waals surface area contributed by atoms with Crippen LogP contribution in [-0.2, 0) is 13.0 Å². The van der Waals surface area contributed by atoms with E-state index in [0.29, 0.717) is 0 Å². The van der Waals surface area contributed by atoms with Crippen molar-refractivity contribution in [3.63, 3.8) is 0 Å². The highest BCUT2D eigenvalue weighted by Crippen LogP contribution is 2.20. The van der Waals surface area contributed by atoms with E-state index in [-0.39, 0.29) is 6.04 Å². The van der Waals surface area contributed by atoms with Crippen LogP contribution in [0.5, 0.6) is 0 Å². The second kappa shape index (κ2) is 6.88. The summed E-state index contributed by atoms with van der Waals surface area (Å²) in [6.07, 6.45) is 3.40. The van der Waals surface area contributed by atoms with Crippen LogP contribution in [0.3, 0.4) is 0 Å². The average molecular weight is 280 g/mol. The fourth-order valence-electron chi connectivity index (χ4n) is 3.15. The van der Waals surface area contributed by atoms with Crippen LogP contribution >= 0.6 is 0 Å². The van der Waals surface area contributed by atoms with E-state index in [4.69, 9.17) is 5.73 Å². The monoisotopic (exact) mass is 280 g/mol. The maximum absolute atomic E-state index is 6.27. The molecule has 0 saturated carbocycles. The number of benzene rings is 2. The highest BCUT2D eigenvalue weighted by Gasteiger charge is 2.15. The second-order valence-corrected chi connectivity index (χ2v) is 5.95. The van der Waals surface area contributed by atoms with Crippen molar-refractivity contribution in [2.45, 2.75) is 31.8 Å². The molecule has 2 N–H and O–H groups in total. The Morgan fingerprint density at radius 2 is 1.67 bits per heavy atom. The molecule has 0 fully saturated rings. The van der Waals surface area contributed by atoms with Crippen molar-refractivity contribution in [3.05, 3.63) is 71.3 Å². The zero-order chi connectivity index (χ0) is 14.5. The molecule has 0 radical (unpaired) electrons. The molecule has 0 aliphatic carbocycles. The first kappa shape index (κ1) is 14.3. The molecule has 21 heavy (non-hydrogen) atoms. The van der Waals surface area contributed by atoms with E-state index in [2.05, 4.69) is 53.4 Å². The molecule has 1 aliphatic rings. The fourth-order valence-corrected chi connectivity index (χ4v) is 3.15. The minimum absolute atomic E-state index is 0.170. The molecule has 0 saturated heterocycles. The van der Waals surface area contributed by atoms with Crippen LogP contribution in [-0.4, -0.2) is 18.0 Å². The van der Waals surface area contributed by atoms with Gasteiger partial charge >= 0.3 is 0 Å². The SMILES string of the molecule is NC(CCCN1CCc2ccccc2C1)c1ccccc1. The molecule has 1 heterocycles. The molecule has 0 bridgehead atoms. The molecule has 0 aromatic heterocycles. The second-order valence-electron chi connectivity index (χ2n) is 5.95. The maximum Gasteiger partial charge on any atom is 0.0295 e. The summed E-state index contributed by atoms with van der Waals surface area (Å²) in [4.78, 5) is 2.56. The van der Waals surface area contributed by atoms with Crippen molar-refractivity contribution >= 4 is 0 Å². The van der Waals surface area contributed by atoms with Crippen LogP contribution in [0.4, 0.5) is 0 Å². The molecule has 2 aromatic carbocycles. The number of fused-ring (bicyclic) bond motifs is 1. The van der Waals surface area contributed by atoms with Crippen molar-refractivity contribution < 1.29 is 0 Å². The van der Waals surface area contributed by atoms with E-state index in [1.807, 2.05) is 6.07 Å². The smallest absolute Gasteiger partial charge is 0.0295 e. The minimum atomic E-state index is 0.170. The summed E-state index contributed by atoms with van der Waals surface area (Å²) in [6, 6.07) is 19.4. The third kappa shape index (κ3) is 3.72. The Labute approximate surface area is 127 Å². The Kier molecular flexibility index (Phi) is 4.69. The van der Waals surface area contributed by atoms with Gasteiger partial charge in [-0.1, -0.05) is 54.6 Å². The average Bonchev–Trinajstić information content (AvgIpc) is 2.55. The Morgan fingerprint density at radius 1 is 0.952 bits per heavy atom. The third-order valence-corrected chi connectivity index (χ3v) is 4.43. The van der Waals surface area contributed by atoms with Crippen molar-refractivity contribution in [2.75, 3.05) is 13.1 Å². The Bertz CT molecular complexity index is 565. The number of nitrogens with zero attached hydrogens (tertiary/aromatic N) is 1. The van der Waals surface area contributed by atoms with E-state index in [9.17, 15) is 0 Å². The molecule has 2 nitrogen and oxygen atoms in total. The number of hydrogen-bond acceptors (Lipinski definition) is 2. The predicted octanol–water partition coefficient (Wildman–Crippen LogP) is 3.52. The van der Waals surface area contributed by atoms with Crippen molar-refractivity contribution in [1.82, 2.24) is 4.90 Å². The van der Waals surface area contributed by atoms with Crippen LogP contribution < -0.4 is 5.73 Å². The molecule has 1 aliphatic heterocycles. The van der Waals surface area contributed by atoms with Gasteiger partial charge in [-0.05, 0) is 42.5 Å². The quantitative estimate of drug-likeness (QED) is 0.908. The minimum Gasteiger partial charge on any atom is -0.324 e. The van der Waals surface area contributed by atoms with Gasteiger partial charge in [-0.3, -0.25) is 4.90 Å². The lowest BCUT2D eigenvalue weighted by Crippen LogP contribution is -2.31. The summed E-state index contributed by atoms with van der Waals surface area (Å²) < 4.78 is 0. The summed E-state index contributed by atoms with van der Waals surface area (Å²) in [6.45, 7) is 3.42. The topological polar surface area (TPSA) is 29.3 Å². The van der Waals surface area contributed by atoms with E-state index in [0.717, 1.165) is 25.9 Å². The molecule has 110 valence electrons. The van der Waals surface area contributed by atoms with Gasteiger partial charge in [0, 0.05) is 19.1 Å². The van der Waals surface area contributed by atoms with Crippen molar-refractivity contribution in [1.29, 1.82) is 0 Å². The highest BCUT2D eigenvalue weighted by molar-refractivity contribution is 5.29. The van der Waals surface area contributed by atoms with Gasteiger partial charge in [0.25, 0.3) is 0 Å². The standard InChI is InChI=1S/C19H24N2/c20-19(17-8-2-1-3-9-17)11-6-13-21-14-12-16-7-4-5-10-18(16)15-21/h1-5,7-10,19H,6,11-15,20H2. The van der Waals surface area contributed by atoms with Crippen molar-refractivity contribution in [3.8, 4) is 0 Å². The summed E-state index contributed by atoms with van der Waals surface area (Å²) in [5.41, 5.74) is 10.5. The first-order chi connectivity index (χ1) is 10.3. The summed E-state index contributed by atoms with van der Waals surface area (Å²) in [7, 11) is 0. The molecule has 2 heteroatoms. The van der Waals surface area contributed by atoms with Gasteiger partial charge in [-0.15, -0.1) is 0 Å². The summed E-state index contributed by atoms with van der Waals surface area (Å²) in [5.74, 6) is 0.